The van der Waals surface area contributed by atoms with Gasteiger partial charge in [-0.15, -0.1) is 12.4 Å². The average Bonchev–Trinajstić information content (AvgIpc) is 2.61. The molecule has 0 saturated heterocycles. The topological polar surface area (TPSA) is 89.8 Å². The van der Waals surface area contributed by atoms with Gasteiger partial charge in [-0.1, -0.05) is 11.6 Å². The minimum atomic E-state index is 0. The lowest BCUT2D eigenvalue weighted by molar-refractivity contribution is 0.114. The van der Waals surface area contributed by atoms with Crippen molar-refractivity contribution in [1.82, 2.24) is 19.5 Å². The Morgan fingerprint density at radius 2 is 2.17 bits per heavy atom. The van der Waals surface area contributed by atoms with Gasteiger partial charge in [0.25, 0.3) is 0 Å². The van der Waals surface area contributed by atoms with E-state index in [1.54, 1.807) is 6.33 Å². The first-order valence-corrected chi connectivity index (χ1v) is 5.83. The van der Waals surface area contributed by atoms with E-state index < -0.39 is 0 Å². The Balaban J connectivity index is 0.00000120. The second-order valence-corrected chi connectivity index (χ2v) is 4.73. The molecule has 0 spiro atoms. The molecule has 1 aliphatic carbocycles. The standard InChI is InChI=1S/C10H12ClN5O.ClH/c11-8-7-9(15-10(12)14-8)16(4-13-7)6-1-5(2-6)3-17;/h4-6,17H,1-3H2,(H2,12,14,15);1H. The first-order valence-electron chi connectivity index (χ1n) is 5.45. The van der Waals surface area contributed by atoms with Crippen LogP contribution in [0.4, 0.5) is 5.95 Å². The number of rotatable bonds is 2. The smallest absolute Gasteiger partial charge is 0.223 e. The van der Waals surface area contributed by atoms with Crippen molar-refractivity contribution in [2.24, 2.45) is 5.92 Å². The maximum atomic E-state index is 9.01. The van der Waals surface area contributed by atoms with E-state index in [9.17, 15) is 0 Å². The van der Waals surface area contributed by atoms with E-state index >= 15 is 0 Å². The van der Waals surface area contributed by atoms with Crippen molar-refractivity contribution < 1.29 is 5.11 Å². The zero-order chi connectivity index (χ0) is 12.0. The van der Waals surface area contributed by atoms with Gasteiger partial charge in [-0.3, -0.25) is 0 Å². The van der Waals surface area contributed by atoms with E-state index in [0.29, 0.717) is 23.1 Å². The first kappa shape index (κ1) is 13.3. The quantitative estimate of drug-likeness (QED) is 0.816. The highest BCUT2D eigenvalue weighted by atomic mass is 35.5. The third-order valence-corrected chi connectivity index (χ3v) is 3.52. The van der Waals surface area contributed by atoms with Crippen LogP contribution in [0.25, 0.3) is 11.2 Å². The van der Waals surface area contributed by atoms with E-state index in [1.807, 2.05) is 4.57 Å². The Morgan fingerprint density at radius 3 is 2.83 bits per heavy atom. The lowest BCUT2D eigenvalue weighted by atomic mass is 9.81. The fraction of sp³-hybridized carbons (Fsp3) is 0.500. The molecule has 0 aromatic carbocycles. The molecule has 3 N–H and O–H groups in total. The van der Waals surface area contributed by atoms with Crippen molar-refractivity contribution in [3.8, 4) is 0 Å². The minimum Gasteiger partial charge on any atom is -0.396 e. The van der Waals surface area contributed by atoms with Crippen molar-refractivity contribution in [3.05, 3.63) is 11.5 Å². The molecule has 0 bridgehead atoms. The summed E-state index contributed by atoms with van der Waals surface area (Å²) < 4.78 is 1.96. The largest absolute Gasteiger partial charge is 0.396 e. The summed E-state index contributed by atoms with van der Waals surface area (Å²) in [6.07, 6.45) is 3.58. The maximum absolute atomic E-state index is 9.01. The van der Waals surface area contributed by atoms with Crippen molar-refractivity contribution in [2.45, 2.75) is 18.9 Å². The number of anilines is 1. The molecular formula is C10H13Cl2N5O. The van der Waals surface area contributed by atoms with Crippen LogP contribution in [0.15, 0.2) is 6.33 Å². The molecule has 0 aliphatic heterocycles. The monoisotopic (exact) mass is 289 g/mol. The lowest BCUT2D eigenvalue weighted by Gasteiger charge is -2.34. The van der Waals surface area contributed by atoms with Crippen LogP contribution >= 0.6 is 24.0 Å². The molecule has 0 radical (unpaired) electrons. The number of fused-ring (bicyclic) bond motifs is 1. The van der Waals surface area contributed by atoms with Crippen molar-refractivity contribution in [1.29, 1.82) is 0 Å². The summed E-state index contributed by atoms with van der Waals surface area (Å²) in [7, 11) is 0. The van der Waals surface area contributed by atoms with Gasteiger partial charge in [-0.2, -0.15) is 9.97 Å². The number of nitrogens with zero attached hydrogens (tertiary/aromatic N) is 4. The molecule has 6 nitrogen and oxygen atoms in total. The fourth-order valence-corrected chi connectivity index (χ4v) is 2.46. The maximum Gasteiger partial charge on any atom is 0.223 e. The lowest BCUT2D eigenvalue weighted by Crippen LogP contribution is -2.28. The molecular weight excluding hydrogens is 277 g/mol. The van der Waals surface area contributed by atoms with Crippen LogP contribution in [-0.4, -0.2) is 31.2 Å². The second kappa shape index (κ2) is 4.87. The molecule has 8 heteroatoms. The van der Waals surface area contributed by atoms with Gasteiger partial charge in [0.15, 0.2) is 10.8 Å². The van der Waals surface area contributed by atoms with E-state index in [-0.39, 0.29) is 30.1 Å². The third kappa shape index (κ3) is 2.00. The Kier molecular flexibility index (Phi) is 3.61. The van der Waals surface area contributed by atoms with Crippen molar-refractivity contribution in [2.75, 3.05) is 12.3 Å². The summed E-state index contributed by atoms with van der Waals surface area (Å²) in [5.41, 5.74) is 6.83. The van der Waals surface area contributed by atoms with Gasteiger partial charge in [0, 0.05) is 12.6 Å². The van der Waals surface area contributed by atoms with Gasteiger partial charge < -0.3 is 15.4 Å². The summed E-state index contributed by atoms with van der Waals surface area (Å²) in [5, 5.41) is 9.29. The summed E-state index contributed by atoms with van der Waals surface area (Å²) in [4.78, 5) is 12.2. The number of halogens is 2. The number of aliphatic hydroxyl groups excluding tert-OH is 1. The molecule has 1 saturated carbocycles. The summed E-state index contributed by atoms with van der Waals surface area (Å²) >= 11 is 5.95. The van der Waals surface area contributed by atoms with E-state index in [2.05, 4.69) is 15.0 Å². The Hall–Kier alpha value is -1.11. The normalized spacial score (nSPS) is 22.6. The van der Waals surface area contributed by atoms with Gasteiger partial charge in [0.05, 0.1) is 6.33 Å². The summed E-state index contributed by atoms with van der Waals surface area (Å²) in [6, 6.07) is 0.322. The summed E-state index contributed by atoms with van der Waals surface area (Å²) in [6.45, 7) is 0.237. The highest BCUT2D eigenvalue weighted by Crippen LogP contribution is 2.39. The van der Waals surface area contributed by atoms with Crippen LogP contribution in [0.3, 0.4) is 0 Å². The first-order chi connectivity index (χ1) is 8.19. The Labute approximate surface area is 115 Å². The zero-order valence-electron chi connectivity index (χ0n) is 9.45. The number of imidazole rings is 1. The third-order valence-electron chi connectivity index (χ3n) is 3.26. The molecule has 18 heavy (non-hydrogen) atoms. The predicted molar refractivity (Wildman–Crippen MR) is 70.8 cm³/mol. The molecule has 98 valence electrons. The Morgan fingerprint density at radius 1 is 1.44 bits per heavy atom. The molecule has 0 amide bonds. The molecule has 0 atom stereocenters. The van der Waals surface area contributed by atoms with Gasteiger partial charge in [0.1, 0.15) is 5.52 Å². The molecule has 3 rings (SSSR count). The molecule has 2 aromatic heterocycles. The Bertz CT molecular complexity index is 567. The van der Waals surface area contributed by atoms with Crippen molar-refractivity contribution >= 4 is 41.1 Å². The van der Waals surface area contributed by atoms with Crippen molar-refractivity contribution in [3.63, 3.8) is 0 Å². The highest BCUT2D eigenvalue weighted by Gasteiger charge is 2.31. The summed E-state index contributed by atoms with van der Waals surface area (Å²) in [5.74, 6) is 0.536. The van der Waals surface area contributed by atoms with E-state index in [1.165, 1.54) is 0 Å². The van der Waals surface area contributed by atoms with Crippen LogP contribution in [0.1, 0.15) is 18.9 Å². The average molecular weight is 290 g/mol. The predicted octanol–water partition coefficient (Wildman–Crippen LogP) is 1.43. The van der Waals surface area contributed by atoms with Crippen LogP contribution in [0.2, 0.25) is 5.15 Å². The molecule has 0 unspecified atom stereocenters. The number of aromatic nitrogens is 4. The molecule has 1 aliphatic rings. The number of nitrogen functional groups attached to an aromatic ring is 1. The van der Waals surface area contributed by atoms with Gasteiger partial charge in [-0.05, 0) is 18.8 Å². The number of nitrogens with two attached hydrogens (primary N) is 1. The molecule has 2 heterocycles. The fourth-order valence-electron chi connectivity index (χ4n) is 2.24. The minimum absolute atomic E-state index is 0. The number of hydrogen-bond acceptors (Lipinski definition) is 5. The van der Waals surface area contributed by atoms with E-state index in [4.69, 9.17) is 22.4 Å². The molecule has 2 aromatic rings. The van der Waals surface area contributed by atoms with Crippen LogP contribution < -0.4 is 5.73 Å². The SMILES string of the molecule is Cl.Nc1nc(Cl)c2ncn(C3CC(CO)C3)c2n1. The van der Waals surface area contributed by atoms with Gasteiger partial charge in [0.2, 0.25) is 5.95 Å². The van der Waals surface area contributed by atoms with Crippen LogP contribution in [-0.2, 0) is 0 Å². The highest BCUT2D eigenvalue weighted by molar-refractivity contribution is 6.33. The van der Waals surface area contributed by atoms with Crippen LogP contribution in [0, 0.1) is 5.92 Å². The second-order valence-electron chi connectivity index (χ2n) is 4.37. The number of aliphatic hydroxyl groups is 1. The molecule has 1 fully saturated rings. The van der Waals surface area contributed by atoms with Gasteiger partial charge in [-0.25, -0.2) is 4.98 Å². The van der Waals surface area contributed by atoms with Gasteiger partial charge >= 0.3 is 0 Å². The number of hydrogen-bond donors (Lipinski definition) is 2. The zero-order valence-corrected chi connectivity index (χ0v) is 11.0. The van der Waals surface area contributed by atoms with Crippen LogP contribution in [0.5, 0.6) is 0 Å². The van der Waals surface area contributed by atoms with E-state index in [0.717, 1.165) is 12.8 Å².